The van der Waals surface area contributed by atoms with Crippen molar-refractivity contribution in [3.8, 4) is 0 Å². The average molecular weight is 348 g/mol. The van der Waals surface area contributed by atoms with Crippen molar-refractivity contribution in [2.45, 2.75) is 11.3 Å². The molecule has 0 fully saturated rings. The Bertz CT molecular complexity index is 1250. The first-order valence-corrected chi connectivity index (χ1v) is 9.38. The van der Waals surface area contributed by atoms with Gasteiger partial charge < -0.3 is 0 Å². The SMILES string of the molecule is C=C1CC=c2ccccc2=C1c1c(S(=O)(=O)O)ccc2ccccc12. The summed E-state index contributed by atoms with van der Waals surface area (Å²) in [6, 6.07) is 18.6. The Morgan fingerprint density at radius 2 is 1.64 bits per heavy atom. The quantitative estimate of drug-likeness (QED) is 0.724. The van der Waals surface area contributed by atoms with Gasteiger partial charge >= 0.3 is 0 Å². The highest BCUT2D eigenvalue weighted by atomic mass is 32.2. The minimum atomic E-state index is -4.37. The number of fused-ring (bicyclic) bond motifs is 2. The fourth-order valence-electron chi connectivity index (χ4n) is 3.46. The summed E-state index contributed by atoms with van der Waals surface area (Å²) in [6.07, 6.45) is 2.72. The molecule has 4 rings (SSSR count). The summed E-state index contributed by atoms with van der Waals surface area (Å²) >= 11 is 0. The predicted molar refractivity (Wildman–Crippen MR) is 100 cm³/mol. The van der Waals surface area contributed by atoms with Crippen molar-refractivity contribution in [2.75, 3.05) is 0 Å². The first kappa shape index (κ1) is 15.8. The average Bonchev–Trinajstić information content (AvgIpc) is 2.60. The number of allylic oxidation sites excluding steroid dienone is 1. The van der Waals surface area contributed by atoms with Crippen molar-refractivity contribution < 1.29 is 13.0 Å². The van der Waals surface area contributed by atoms with Gasteiger partial charge in [-0.05, 0) is 44.8 Å². The maximum absolute atomic E-state index is 12.1. The van der Waals surface area contributed by atoms with E-state index in [1.807, 2.05) is 48.5 Å². The summed E-state index contributed by atoms with van der Waals surface area (Å²) in [5, 5.41) is 3.67. The highest BCUT2D eigenvalue weighted by Crippen LogP contribution is 2.34. The van der Waals surface area contributed by atoms with Crippen molar-refractivity contribution in [3.63, 3.8) is 0 Å². The number of rotatable bonds is 2. The van der Waals surface area contributed by atoms with Crippen LogP contribution < -0.4 is 10.4 Å². The van der Waals surface area contributed by atoms with Gasteiger partial charge in [-0.3, -0.25) is 4.55 Å². The highest BCUT2D eigenvalue weighted by Gasteiger charge is 2.23. The van der Waals surface area contributed by atoms with Crippen LogP contribution in [0.5, 0.6) is 0 Å². The molecular formula is C21H16O3S. The third-order valence-electron chi connectivity index (χ3n) is 4.57. The van der Waals surface area contributed by atoms with Gasteiger partial charge in [-0.2, -0.15) is 8.42 Å². The molecule has 0 unspecified atom stereocenters. The molecule has 0 heterocycles. The van der Waals surface area contributed by atoms with Crippen LogP contribution in [0, 0.1) is 0 Å². The van der Waals surface area contributed by atoms with Gasteiger partial charge in [0.1, 0.15) is 4.90 Å². The zero-order chi connectivity index (χ0) is 17.6. The summed E-state index contributed by atoms with van der Waals surface area (Å²) < 4.78 is 33.9. The Kier molecular flexibility index (Phi) is 3.60. The zero-order valence-electron chi connectivity index (χ0n) is 13.4. The molecule has 0 bridgehead atoms. The molecule has 124 valence electrons. The van der Waals surface area contributed by atoms with Crippen molar-refractivity contribution in [3.05, 3.63) is 88.8 Å². The number of benzene rings is 3. The van der Waals surface area contributed by atoms with Crippen molar-refractivity contribution in [2.24, 2.45) is 0 Å². The second-order valence-electron chi connectivity index (χ2n) is 6.11. The molecule has 1 N–H and O–H groups in total. The Morgan fingerprint density at radius 3 is 2.44 bits per heavy atom. The minimum absolute atomic E-state index is 0.0842. The topological polar surface area (TPSA) is 54.4 Å². The smallest absolute Gasteiger partial charge is 0.282 e. The van der Waals surface area contributed by atoms with Gasteiger partial charge in [-0.1, -0.05) is 67.3 Å². The lowest BCUT2D eigenvalue weighted by Crippen LogP contribution is -2.30. The Morgan fingerprint density at radius 1 is 0.920 bits per heavy atom. The summed E-state index contributed by atoms with van der Waals surface area (Å²) in [5.41, 5.74) is 2.13. The standard InChI is InChI=1S/C21H16O3S/c1-14-10-11-15-6-2-4-8-17(15)20(14)21-18-9-5-3-7-16(18)12-13-19(21)25(22,23)24/h2-9,11-13H,1,10H2,(H,22,23,24). The molecule has 0 aromatic heterocycles. The molecule has 0 amide bonds. The van der Waals surface area contributed by atoms with E-state index in [0.717, 1.165) is 32.4 Å². The Hall–Kier alpha value is -2.69. The van der Waals surface area contributed by atoms with E-state index in [1.54, 1.807) is 6.07 Å². The van der Waals surface area contributed by atoms with Gasteiger partial charge in [0, 0.05) is 5.56 Å². The molecule has 0 spiro atoms. The molecule has 0 saturated heterocycles. The normalized spacial score (nSPS) is 14.3. The van der Waals surface area contributed by atoms with Crippen LogP contribution in [0.4, 0.5) is 0 Å². The second-order valence-corrected chi connectivity index (χ2v) is 7.50. The molecule has 4 heteroatoms. The van der Waals surface area contributed by atoms with E-state index >= 15 is 0 Å². The summed E-state index contributed by atoms with van der Waals surface area (Å²) in [4.78, 5) is -0.0842. The van der Waals surface area contributed by atoms with Gasteiger partial charge in [0.15, 0.2) is 0 Å². The van der Waals surface area contributed by atoms with Gasteiger partial charge in [0.25, 0.3) is 10.1 Å². The molecule has 0 saturated carbocycles. The Balaban J connectivity index is 2.29. The number of hydrogen-bond acceptors (Lipinski definition) is 2. The second kappa shape index (κ2) is 5.69. The molecule has 0 aliphatic heterocycles. The third-order valence-corrected chi connectivity index (χ3v) is 5.47. The van der Waals surface area contributed by atoms with Crippen LogP contribution in [0.15, 0.2) is 77.7 Å². The van der Waals surface area contributed by atoms with Gasteiger partial charge in [-0.25, -0.2) is 0 Å². The van der Waals surface area contributed by atoms with Gasteiger partial charge in [0.05, 0.1) is 0 Å². The molecule has 1 aliphatic carbocycles. The van der Waals surface area contributed by atoms with E-state index in [4.69, 9.17) is 0 Å². The van der Waals surface area contributed by atoms with E-state index in [-0.39, 0.29) is 4.90 Å². The third kappa shape index (κ3) is 2.60. The largest absolute Gasteiger partial charge is 0.295 e. The van der Waals surface area contributed by atoms with E-state index in [2.05, 4.69) is 12.7 Å². The first-order chi connectivity index (χ1) is 12.0. The Labute approximate surface area is 146 Å². The van der Waals surface area contributed by atoms with Crippen LogP contribution in [0.3, 0.4) is 0 Å². The maximum atomic E-state index is 12.1. The number of hydrogen-bond donors (Lipinski definition) is 1. The lowest BCUT2D eigenvalue weighted by Gasteiger charge is -2.19. The van der Waals surface area contributed by atoms with E-state index in [9.17, 15) is 13.0 Å². The predicted octanol–water partition coefficient (Wildman–Crippen LogP) is 3.03. The van der Waals surface area contributed by atoms with Crippen LogP contribution in [-0.2, 0) is 10.1 Å². The molecular weight excluding hydrogens is 332 g/mol. The van der Waals surface area contributed by atoms with E-state index < -0.39 is 10.1 Å². The van der Waals surface area contributed by atoms with Gasteiger partial charge in [0.2, 0.25) is 0 Å². The van der Waals surface area contributed by atoms with Crippen LogP contribution in [0.1, 0.15) is 12.0 Å². The molecule has 3 nitrogen and oxygen atoms in total. The highest BCUT2D eigenvalue weighted by molar-refractivity contribution is 7.86. The lowest BCUT2D eigenvalue weighted by atomic mass is 9.87. The molecule has 3 aromatic carbocycles. The van der Waals surface area contributed by atoms with E-state index in [1.165, 1.54) is 6.07 Å². The zero-order valence-corrected chi connectivity index (χ0v) is 14.3. The van der Waals surface area contributed by atoms with Crippen LogP contribution in [0.2, 0.25) is 0 Å². The molecule has 0 atom stereocenters. The lowest BCUT2D eigenvalue weighted by molar-refractivity contribution is 0.483. The van der Waals surface area contributed by atoms with E-state index in [0.29, 0.717) is 12.0 Å². The van der Waals surface area contributed by atoms with Gasteiger partial charge in [-0.15, -0.1) is 0 Å². The summed E-state index contributed by atoms with van der Waals surface area (Å²) in [5.74, 6) is 0. The molecule has 1 aliphatic rings. The molecule has 25 heavy (non-hydrogen) atoms. The van der Waals surface area contributed by atoms with Crippen LogP contribution in [-0.4, -0.2) is 13.0 Å². The maximum Gasteiger partial charge on any atom is 0.295 e. The van der Waals surface area contributed by atoms with Crippen LogP contribution in [0.25, 0.3) is 22.4 Å². The summed E-state index contributed by atoms with van der Waals surface area (Å²) in [6.45, 7) is 4.16. The summed E-state index contributed by atoms with van der Waals surface area (Å²) in [7, 11) is -4.37. The van der Waals surface area contributed by atoms with Crippen LogP contribution >= 0.6 is 0 Å². The minimum Gasteiger partial charge on any atom is -0.282 e. The van der Waals surface area contributed by atoms with Crippen molar-refractivity contribution in [1.82, 2.24) is 0 Å². The fraction of sp³-hybridized carbons (Fsp3) is 0.0476. The monoisotopic (exact) mass is 348 g/mol. The fourth-order valence-corrected chi connectivity index (χ4v) is 4.17. The van der Waals surface area contributed by atoms with Crippen molar-refractivity contribution in [1.29, 1.82) is 0 Å². The van der Waals surface area contributed by atoms with Crippen molar-refractivity contribution >= 4 is 32.5 Å². The molecule has 0 radical (unpaired) electrons. The first-order valence-electron chi connectivity index (χ1n) is 7.94. The molecule has 3 aromatic rings.